The van der Waals surface area contributed by atoms with Gasteiger partial charge in [-0.25, -0.2) is 0 Å². The van der Waals surface area contributed by atoms with Gasteiger partial charge in [0.2, 0.25) is 5.91 Å². The number of hydrogen-bond acceptors (Lipinski definition) is 5. The van der Waals surface area contributed by atoms with E-state index in [4.69, 9.17) is 4.74 Å². The summed E-state index contributed by atoms with van der Waals surface area (Å²) < 4.78 is 5.28. The summed E-state index contributed by atoms with van der Waals surface area (Å²) in [5, 5.41) is 13.4. The Labute approximate surface area is 129 Å². The molecule has 1 heterocycles. The van der Waals surface area contributed by atoms with Crippen molar-refractivity contribution in [1.29, 1.82) is 0 Å². The molecule has 0 radical (unpaired) electrons. The Morgan fingerprint density at radius 1 is 1.27 bits per heavy atom. The van der Waals surface area contributed by atoms with Crippen LogP contribution in [0.15, 0.2) is 24.3 Å². The number of carbonyl (C=O) groups excluding carboxylic acids is 1. The van der Waals surface area contributed by atoms with Gasteiger partial charge >= 0.3 is 0 Å². The highest BCUT2D eigenvalue weighted by Gasteiger charge is 2.10. The number of amides is 1. The fourth-order valence-electron chi connectivity index (χ4n) is 2.34. The van der Waals surface area contributed by atoms with E-state index in [1.165, 1.54) is 12.1 Å². The molecule has 0 spiro atoms. The van der Waals surface area contributed by atoms with Crippen LogP contribution in [0.5, 0.6) is 0 Å². The first kappa shape index (κ1) is 16.4. The van der Waals surface area contributed by atoms with Gasteiger partial charge in [-0.05, 0) is 18.5 Å². The van der Waals surface area contributed by atoms with Crippen LogP contribution < -0.4 is 5.32 Å². The lowest BCUT2D eigenvalue weighted by Crippen LogP contribution is -2.38. The van der Waals surface area contributed by atoms with Crippen LogP contribution in [0.1, 0.15) is 12.0 Å². The standard InChI is InChI=1S/C15H21N3O4/c19-15(12-13-2-4-14(5-3-13)18(20)21)16-6-1-7-17-8-10-22-11-9-17/h2-5H,1,6-12H2,(H,16,19). The second-order valence-corrected chi connectivity index (χ2v) is 5.26. The Morgan fingerprint density at radius 2 is 1.95 bits per heavy atom. The van der Waals surface area contributed by atoms with Crippen LogP contribution in [0.3, 0.4) is 0 Å². The molecule has 0 atom stereocenters. The maximum absolute atomic E-state index is 11.8. The van der Waals surface area contributed by atoms with Crippen LogP contribution >= 0.6 is 0 Å². The minimum atomic E-state index is -0.449. The van der Waals surface area contributed by atoms with Gasteiger partial charge in [0.25, 0.3) is 5.69 Å². The van der Waals surface area contributed by atoms with Crippen LogP contribution in [0.4, 0.5) is 5.69 Å². The van der Waals surface area contributed by atoms with Crippen LogP contribution in [0, 0.1) is 10.1 Å². The molecule has 1 aliphatic heterocycles. The van der Waals surface area contributed by atoms with Gasteiger partial charge < -0.3 is 10.1 Å². The molecule has 1 amide bonds. The number of benzene rings is 1. The van der Waals surface area contributed by atoms with Gasteiger partial charge in [-0.1, -0.05) is 12.1 Å². The SMILES string of the molecule is O=C(Cc1ccc([N+](=O)[O-])cc1)NCCCN1CCOCC1. The molecule has 22 heavy (non-hydrogen) atoms. The summed E-state index contributed by atoms with van der Waals surface area (Å²) in [6.07, 6.45) is 1.15. The fraction of sp³-hybridized carbons (Fsp3) is 0.533. The molecular weight excluding hydrogens is 286 g/mol. The Kier molecular flexibility index (Phi) is 6.29. The van der Waals surface area contributed by atoms with Crippen molar-refractivity contribution in [3.8, 4) is 0 Å². The van der Waals surface area contributed by atoms with E-state index in [1.807, 2.05) is 0 Å². The number of morpholine rings is 1. The number of nitrogens with one attached hydrogen (secondary N) is 1. The molecule has 0 bridgehead atoms. The number of non-ortho nitro benzene ring substituents is 1. The lowest BCUT2D eigenvalue weighted by Gasteiger charge is -2.26. The van der Waals surface area contributed by atoms with Gasteiger partial charge in [-0.2, -0.15) is 0 Å². The topological polar surface area (TPSA) is 84.7 Å². The zero-order valence-electron chi connectivity index (χ0n) is 12.5. The molecule has 1 fully saturated rings. The van der Waals surface area contributed by atoms with E-state index in [0.717, 1.165) is 44.8 Å². The van der Waals surface area contributed by atoms with E-state index in [2.05, 4.69) is 10.2 Å². The highest BCUT2D eigenvalue weighted by molar-refractivity contribution is 5.78. The van der Waals surface area contributed by atoms with Crippen molar-refractivity contribution in [2.45, 2.75) is 12.8 Å². The number of nitro groups is 1. The summed E-state index contributed by atoms with van der Waals surface area (Å²) in [6.45, 7) is 5.08. The van der Waals surface area contributed by atoms with Crippen molar-refractivity contribution in [2.24, 2.45) is 0 Å². The van der Waals surface area contributed by atoms with E-state index in [9.17, 15) is 14.9 Å². The molecule has 7 nitrogen and oxygen atoms in total. The molecule has 0 unspecified atom stereocenters. The molecule has 1 N–H and O–H groups in total. The number of carbonyl (C=O) groups is 1. The third-order valence-electron chi connectivity index (χ3n) is 3.59. The zero-order valence-corrected chi connectivity index (χ0v) is 12.5. The average Bonchev–Trinajstić information content (AvgIpc) is 2.53. The number of ether oxygens (including phenoxy) is 1. The second-order valence-electron chi connectivity index (χ2n) is 5.26. The van der Waals surface area contributed by atoms with Gasteiger partial charge in [0, 0.05) is 31.8 Å². The summed E-state index contributed by atoms with van der Waals surface area (Å²) in [5.74, 6) is -0.0594. The molecule has 1 aliphatic rings. The highest BCUT2D eigenvalue weighted by Crippen LogP contribution is 2.12. The number of rotatable bonds is 7. The lowest BCUT2D eigenvalue weighted by atomic mass is 10.1. The van der Waals surface area contributed by atoms with Crippen LogP contribution in [-0.2, 0) is 16.0 Å². The van der Waals surface area contributed by atoms with Crippen molar-refractivity contribution >= 4 is 11.6 Å². The molecule has 0 aliphatic carbocycles. The minimum Gasteiger partial charge on any atom is -0.379 e. The van der Waals surface area contributed by atoms with Crippen molar-refractivity contribution in [3.05, 3.63) is 39.9 Å². The van der Waals surface area contributed by atoms with Crippen molar-refractivity contribution in [1.82, 2.24) is 10.2 Å². The van der Waals surface area contributed by atoms with Gasteiger partial charge in [-0.3, -0.25) is 19.8 Å². The Balaban J connectivity index is 1.63. The zero-order chi connectivity index (χ0) is 15.8. The molecule has 1 saturated heterocycles. The third kappa shape index (κ3) is 5.42. The first-order chi connectivity index (χ1) is 10.6. The fourth-order valence-corrected chi connectivity index (χ4v) is 2.34. The Morgan fingerprint density at radius 3 is 2.59 bits per heavy atom. The lowest BCUT2D eigenvalue weighted by molar-refractivity contribution is -0.384. The van der Waals surface area contributed by atoms with Gasteiger partial charge in [-0.15, -0.1) is 0 Å². The van der Waals surface area contributed by atoms with E-state index in [-0.39, 0.29) is 18.0 Å². The van der Waals surface area contributed by atoms with Crippen molar-refractivity contribution in [2.75, 3.05) is 39.4 Å². The smallest absolute Gasteiger partial charge is 0.269 e. The molecule has 1 aromatic carbocycles. The number of hydrogen-bond donors (Lipinski definition) is 1. The molecule has 1 aromatic rings. The summed E-state index contributed by atoms with van der Waals surface area (Å²) in [7, 11) is 0. The van der Waals surface area contributed by atoms with Gasteiger partial charge in [0.05, 0.1) is 24.6 Å². The van der Waals surface area contributed by atoms with Crippen LogP contribution in [-0.4, -0.2) is 55.1 Å². The normalized spacial score (nSPS) is 15.5. The van der Waals surface area contributed by atoms with E-state index in [1.54, 1.807) is 12.1 Å². The predicted molar refractivity (Wildman–Crippen MR) is 81.7 cm³/mol. The first-order valence-corrected chi connectivity index (χ1v) is 7.45. The maximum atomic E-state index is 11.8. The third-order valence-corrected chi connectivity index (χ3v) is 3.59. The molecule has 2 rings (SSSR count). The first-order valence-electron chi connectivity index (χ1n) is 7.45. The van der Waals surface area contributed by atoms with E-state index >= 15 is 0 Å². The summed E-state index contributed by atoms with van der Waals surface area (Å²) in [4.78, 5) is 24.2. The summed E-state index contributed by atoms with van der Waals surface area (Å²) >= 11 is 0. The van der Waals surface area contributed by atoms with Crippen LogP contribution in [0.25, 0.3) is 0 Å². The molecule has 0 aromatic heterocycles. The van der Waals surface area contributed by atoms with Gasteiger partial charge in [0.15, 0.2) is 0 Å². The number of nitro benzene ring substituents is 1. The second kappa shape index (κ2) is 8.45. The van der Waals surface area contributed by atoms with Crippen molar-refractivity contribution in [3.63, 3.8) is 0 Å². The number of nitrogens with zero attached hydrogens (tertiary/aromatic N) is 2. The quantitative estimate of drug-likeness (QED) is 0.461. The monoisotopic (exact) mass is 307 g/mol. The summed E-state index contributed by atoms with van der Waals surface area (Å²) in [5.41, 5.74) is 0.811. The molecule has 120 valence electrons. The van der Waals surface area contributed by atoms with E-state index in [0.29, 0.717) is 6.54 Å². The minimum absolute atomic E-state index is 0.0367. The maximum Gasteiger partial charge on any atom is 0.269 e. The predicted octanol–water partition coefficient (Wildman–Crippen LogP) is 0.976. The molecular formula is C15H21N3O4. The average molecular weight is 307 g/mol. The van der Waals surface area contributed by atoms with E-state index < -0.39 is 4.92 Å². The van der Waals surface area contributed by atoms with Crippen LogP contribution in [0.2, 0.25) is 0 Å². The van der Waals surface area contributed by atoms with Crippen molar-refractivity contribution < 1.29 is 14.5 Å². The molecule has 0 saturated carbocycles. The Hall–Kier alpha value is -1.99. The summed E-state index contributed by atoms with van der Waals surface area (Å²) in [6, 6.07) is 6.07. The largest absolute Gasteiger partial charge is 0.379 e. The molecule has 7 heteroatoms. The van der Waals surface area contributed by atoms with Gasteiger partial charge in [0.1, 0.15) is 0 Å². The Bertz CT molecular complexity index is 498. The highest BCUT2D eigenvalue weighted by atomic mass is 16.6.